The van der Waals surface area contributed by atoms with Crippen LogP contribution in [0.4, 0.5) is 5.69 Å². The molecule has 0 atom stereocenters. The van der Waals surface area contributed by atoms with Crippen LogP contribution in [0.2, 0.25) is 10.2 Å². The average molecular weight is 397 g/mol. The van der Waals surface area contributed by atoms with Crippen LogP contribution in [0.15, 0.2) is 30.5 Å². The predicted octanol–water partition coefficient (Wildman–Crippen LogP) is 2.88. The van der Waals surface area contributed by atoms with E-state index >= 15 is 0 Å². The summed E-state index contributed by atoms with van der Waals surface area (Å²) in [5.74, 6) is -0.156. The number of anilines is 1. The van der Waals surface area contributed by atoms with Gasteiger partial charge in [0, 0.05) is 6.20 Å². The topological polar surface area (TPSA) is 86.8 Å². The van der Waals surface area contributed by atoms with Crippen molar-refractivity contribution in [1.82, 2.24) is 4.98 Å². The molecule has 0 bridgehead atoms. The molecule has 0 radical (unpaired) electrons. The molecule has 9 heteroatoms. The second kappa shape index (κ2) is 8.25. The summed E-state index contributed by atoms with van der Waals surface area (Å²) in [5, 5.41) is 3.02. The van der Waals surface area contributed by atoms with E-state index in [1.807, 2.05) is 0 Å². The molecular formula is C17H14Cl2N2O5. The molecule has 1 amide bonds. The molecule has 1 aromatic heterocycles. The molecule has 7 nitrogen and oxygen atoms in total. The first-order valence-corrected chi connectivity index (χ1v) is 8.42. The zero-order valence-corrected chi connectivity index (χ0v) is 15.0. The summed E-state index contributed by atoms with van der Waals surface area (Å²) in [7, 11) is 0. The van der Waals surface area contributed by atoms with E-state index in [-0.39, 0.29) is 11.6 Å². The smallest absolute Gasteiger partial charge is 0.310 e. The third-order valence-electron chi connectivity index (χ3n) is 3.40. The molecule has 1 aliphatic heterocycles. The normalized spacial score (nSPS) is 12.4. The van der Waals surface area contributed by atoms with Gasteiger partial charge in [0.2, 0.25) is 0 Å². The standard InChI is InChI=1S/C17H14Cl2N2O5/c18-11-6-10(7-13-16(11)25-5-4-24-13)8-15(23)26-9-14(22)21-12-2-1-3-20-17(12)19/h1-3,6-7H,4-5,8-9H2,(H,21,22). The van der Waals surface area contributed by atoms with E-state index in [2.05, 4.69) is 10.3 Å². The van der Waals surface area contributed by atoms with Gasteiger partial charge in [-0.05, 0) is 29.8 Å². The number of ether oxygens (including phenoxy) is 3. The monoisotopic (exact) mass is 396 g/mol. The molecule has 0 aliphatic carbocycles. The van der Waals surface area contributed by atoms with Gasteiger partial charge in [0.15, 0.2) is 23.3 Å². The van der Waals surface area contributed by atoms with Gasteiger partial charge in [-0.2, -0.15) is 0 Å². The maximum absolute atomic E-state index is 12.0. The second-order valence-corrected chi connectivity index (χ2v) is 6.09. The van der Waals surface area contributed by atoms with Crippen molar-refractivity contribution in [2.45, 2.75) is 6.42 Å². The van der Waals surface area contributed by atoms with Crippen LogP contribution >= 0.6 is 23.2 Å². The maximum atomic E-state index is 12.0. The fourth-order valence-corrected chi connectivity index (χ4v) is 2.75. The first-order valence-electron chi connectivity index (χ1n) is 7.67. The van der Waals surface area contributed by atoms with Crippen LogP contribution in [-0.4, -0.2) is 36.7 Å². The van der Waals surface area contributed by atoms with Crippen molar-refractivity contribution in [1.29, 1.82) is 0 Å². The second-order valence-electron chi connectivity index (χ2n) is 5.33. The summed E-state index contributed by atoms with van der Waals surface area (Å²) >= 11 is 12.0. The van der Waals surface area contributed by atoms with Crippen LogP contribution in [0, 0.1) is 0 Å². The number of carbonyl (C=O) groups is 2. The molecule has 0 spiro atoms. The van der Waals surface area contributed by atoms with E-state index in [9.17, 15) is 9.59 Å². The molecule has 0 fully saturated rings. The Morgan fingerprint density at radius 3 is 2.85 bits per heavy atom. The van der Waals surface area contributed by atoms with Crippen LogP contribution < -0.4 is 14.8 Å². The number of benzene rings is 1. The van der Waals surface area contributed by atoms with Gasteiger partial charge < -0.3 is 19.5 Å². The molecular weight excluding hydrogens is 383 g/mol. The Morgan fingerprint density at radius 2 is 2.04 bits per heavy atom. The molecule has 0 saturated carbocycles. The number of esters is 1. The van der Waals surface area contributed by atoms with Gasteiger partial charge in [-0.25, -0.2) is 4.98 Å². The predicted molar refractivity (Wildman–Crippen MR) is 95.0 cm³/mol. The van der Waals surface area contributed by atoms with Crippen LogP contribution in [0.1, 0.15) is 5.56 Å². The van der Waals surface area contributed by atoms with Gasteiger partial charge in [-0.3, -0.25) is 9.59 Å². The number of halogens is 2. The fourth-order valence-electron chi connectivity index (χ4n) is 2.30. The molecule has 0 saturated heterocycles. The Hall–Kier alpha value is -2.51. The molecule has 0 unspecified atom stereocenters. The maximum Gasteiger partial charge on any atom is 0.310 e. The van der Waals surface area contributed by atoms with Crippen molar-refractivity contribution in [3.05, 3.63) is 46.2 Å². The molecule has 3 rings (SSSR count). The first-order chi connectivity index (χ1) is 12.5. The number of rotatable bonds is 5. The van der Waals surface area contributed by atoms with Gasteiger partial charge in [0.25, 0.3) is 5.91 Å². The fraction of sp³-hybridized carbons (Fsp3) is 0.235. The number of nitrogens with zero attached hydrogens (tertiary/aromatic N) is 1. The van der Waals surface area contributed by atoms with Gasteiger partial charge in [-0.1, -0.05) is 23.2 Å². The van der Waals surface area contributed by atoms with E-state index in [4.69, 9.17) is 37.4 Å². The molecule has 1 aromatic carbocycles. The third-order valence-corrected chi connectivity index (χ3v) is 3.98. The third kappa shape index (κ3) is 4.56. The van der Waals surface area contributed by atoms with Crippen LogP contribution in [0.3, 0.4) is 0 Å². The Morgan fingerprint density at radius 1 is 1.23 bits per heavy atom. The highest BCUT2D eigenvalue weighted by Crippen LogP contribution is 2.38. The minimum atomic E-state index is -0.579. The number of hydrogen-bond acceptors (Lipinski definition) is 6. The Bertz CT molecular complexity index is 844. The van der Waals surface area contributed by atoms with E-state index in [1.165, 1.54) is 6.20 Å². The molecule has 1 N–H and O–H groups in total. The van der Waals surface area contributed by atoms with Crippen molar-refractivity contribution in [2.24, 2.45) is 0 Å². The van der Waals surface area contributed by atoms with Crippen molar-refractivity contribution >= 4 is 40.8 Å². The van der Waals surface area contributed by atoms with Crippen LogP contribution in [-0.2, 0) is 20.7 Å². The first kappa shape index (κ1) is 18.3. The van der Waals surface area contributed by atoms with Gasteiger partial charge in [-0.15, -0.1) is 0 Å². The number of pyridine rings is 1. The lowest BCUT2D eigenvalue weighted by atomic mass is 10.1. The van der Waals surface area contributed by atoms with Gasteiger partial charge in [0.05, 0.1) is 17.1 Å². The molecule has 1 aliphatic rings. The van der Waals surface area contributed by atoms with Crippen molar-refractivity contribution in [3.63, 3.8) is 0 Å². The highest BCUT2D eigenvalue weighted by atomic mass is 35.5. The zero-order valence-electron chi connectivity index (χ0n) is 13.5. The Kier molecular flexibility index (Phi) is 5.80. The number of amides is 1. The summed E-state index contributed by atoms with van der Waals surface area (Å²) in [6, 6.07) is 6.48. The highest BCUT2D eigenvalue weighted by molar-refractivity contribution is 6.32. The number of hydrogen-bond donors (Lipinski definition) is 1. The van der Waals surface area contributed by atoms with E-state index < -0.39 is 18.5 Å². The van der Waals surface area contributed by atoms with Gasteiger partial charge >= 0.3 is 5.97 Å². The zero-order chi connectivity index (χ0) is 18.5. The molecule has 2 heterocycles. The van der Waals surface area contributed by atoms with E-state index in [0.717, 1.165) is 0 Å². The van der Waals surface area contributed by atoms with E-state index in [0.29, 0.717) is 41.0 Å². The summed E-state index contributed by atoms with van der Waals surface area (Å²) in [5.41, 5.74) is 0.939. The molecule has 136 valence electrons. The number of carbonyl (C=O) groups excluding carboxylic acids is 2. The lowest BCUT2D eigenvalue weighted by molar-refractivity contribution is -0.146. The largest absolute Gasteiger partial charge is 0.486 e. The van der Waals surface area contributed by atoms with Crippen LogP contribution in [0.5, 0.6) is 11.5 Å². The van der Waals surface area contributed by atoms with Gasteiger partial charge in [0.1, 0.15) is 13.2 Å². The number of aromatic nitrogens is 1. The summed E-state index contributed by atoms with van der Waals surface area (Å²) in [6.07, 6.45) is 1.44. The van der Waals surface area contributed by atoms with E-state index in [1.54, 1.807) is 24.3 Å². The molecule has 26 heavy (non-hydrogen) atoms. The van der Waals surface area contributed by atoms with Crippen molar-refractivity contribution in [2.75, 3.05) is 25.1 Å². The summed E-state index contributed by atoms with van der Waals surface area (Å²) < 4.78 is 15.8. The minimum Gasteiger partial charge on any atom is -0.486 e. The van der Waals surface area contributed by atoms with Crippen molar-refractivity contribution in [3.8, 4) is 11.5 Å². The summed E-state index contributed by atoms with van der Waals surface area (Å²) in [4.78, 5) is 27.6. The summed E-state index contributed by atoms with van der Waals surface area (Å²) in [6.45, 7) is 0.390. The number of nitrogens with one attached hydrogen (secondary N) is 1. The lowest BCUT2D eigenvalue weighted by Crippen LogP contribution is -2.22. The quantitative estimate of drug-likeness (QED) is 0.617. The molecule has 2 aromatic rings. The average Bonchev–Trinajstić information content (AvgIpc) is 2.62. The lowest BCUT2D eigenvalue weighted by Gasteiger charge is -2.20. The highest BCUT2D eigenvalue weighted by Gasteiger charge is 2.18. The SMILES string of the molecule is O=C(COC(=O)Cc1cc(Cl)c2c(c1)OCCO2)Nc1cccnc1Cl. The number of fused-ring (bicyclic) bond motifs is 1. The van der Waals surface area contributed by atoms with Crippen LogP contribution in [0.25, 0.3) is 0 Å². The Balaban J connectivity index is 1.53. The minimum absolute atomic E-state index is 0.0582. The van der Waals surface area contributed by atoms with Crippen molar-refractivity contribution < 1.29 is 23.8 Å². The Labute approximate surface area is 159 Å².